The molecule has 1 saturated carbocycles. The third-order valence-corrected chi connectivity index (χ3v) is 5.03. The highest BCUT2D eigenvalue weighted by molar-refractivity contribution is 5.29. The molecule has 1 aliphatic carbocycles. The van der Waals surface area contributed by atoms with Crippen molar-refractivity contribution in [2.45, 2.75) is 38.8 Å². The van der Waals surface area contributed by atoms with Crippen LogP contribution in [0.15, 0.2) is 23.0 Å². The Hall–Kier alpha value is -2.21. The third kappa shape index (κ3) is 3.58. The van der Waals surface area contributed by atoms with Crippen LogP contribution >= 0.6 is 0 Å². The van der Waals surface area contributed by atoms with E-state index in [2.05, 4.69) is 14.9 Å². The number of aromatic amines is 1. The summed E-state index contributed by atoms with van der Waals surface area (Å²) in [5.74, 6) is 1.72. The standard InChI is InChI=1S/C19H22FN3O2/c1-25-14-5-4-13(16(20)9-14)10-23-7-6-15-17(11-23)21-18(22-19(15)24)8-12-2-3-12/h4-5,9,12H,2-3,6-8,10-11H2,1H3,(H,21,22,24). The van der Waals surface area contributed by atoms with E-state index in [9.17, 15) is 9.18 Å². The first-order valence-corrected chi connectivity index (χ1v) is 8.78. The van der Waals surface area contributed by atoms with E-state index < -0.39 is 0 Å². The van der Waals surface area contributed by atoms with Crippen LogP contribution in [0.5, 0.6) is 5.75 Å². The average Bonchev–Trinajstić information content (AvgIpc) is 3.40. The number of rotatable bonds is 5. The molecule has 132 valence electrons. The number of hydrogen-bond donors (Lipinski definition) is 1. The molecule has 1 aromatic carbocycles. The third-order valence-electron chi connectivity index (χ3n) is 5.03. The van der Waals surface area contributed by atoms with Crippen molar-refractivity contribution in [3.05, 3.63) is 57.0 Å². The quantitative estimate of drug-likeness (QED) is 0.906. The van der Waals surface area contributed by atoms with Gasteiger partial charge in [0.25, 0.3) is 5.56 Å². The van der Waals surface area contributed by atoms with E-state index in [1.165, 1.54) is 26.0 Å². The molecule has 0 spiro atoms. The predicted octanol–water partition coefficient (Wildman–Crippen LogP) is 2.43. The molecule has 0 amide bonds. The number of nitrogens with one attached hydrogen (secondary N) is 1. The minimum Gasteiger partial charge on any atom is -0.497 e. The van der Waals surface area contributed by atoms with E-state index in [-0.39, 0.29) is 11.4 Å². The van der Waals surface area contributed by atoms with Gasteiger partial charge in [0.2, 0.25) is 0 Å². The summed E-state index contributed by atoms with van der Waals surface area (Å²) < 4.78 is 19.2. The Morgan fingerprint density at radius 1 is 1.40 bits per heavy atom. The van der Waals surface area contributed by atoms with E-state index in [1.807, 2.05) is 0 Å². The lowest BCUT2D eigenvalue weighted by molar-refractivity contribution is 0.236. The maximum Gasteiger partial charge on any atom is 0.254 e. The smallest absolute Gasteiger partial charge is 0.254 e. The van der Waals surface area contributed by atoms with Gasteiger partial charge in [-0.25, -0.2) is 9.37 Å². The SMILES string of the molecule is COc1ccc(CN2CCc3c(nc(CC4CC4)[nH]c3=O)C2)c(F)c1. The van der Waals surface area contributed by atoms with Crippen molar-refractivity contribution in [2.24, 2.45) is 5.92 Å². The topological polar surface area (TPSA) is 58.2 Å². The largest absolute Gasteiger partial charge is 0.497 e. The summed E-state index contributed by atoms with van der Waals surface area (Å²) in [5.41, 5.74) is 2.26. The molecule has 1 aliphatic heterocycles. The number of nitrogens with zero attached hydrogens (tertiary/aromatic N) is 2. The van der Waals surface area contributed by atoms with Crippen molar-refractivity contribution in [1.29, 1.82) is 0 Å². The van der Waals surface area contributed by atoms with Gasteiger partial charge in [-0.2, -0.15) is 0 Å². The highest BCUT2D eigenvalue weighted by Crippen LogP contribution is 2.31. The summed E-state index contributed by atoms with van der Waals surface area (Å²) in [4.78, 5) is 22.0. The molecule has 2 heterocycles. The van der Waals surface area contributed by atoms with Crippen molar-refractivity contribution < 1.29 is 9.13 Å². The predicted molar refractivity (Wildman–Crippen MR) is 92.1 cm³/mol. The lowest BCUT2D eigenvalue weighted by Gasteiger charge is -2.28. The zero-order chi connectivity index (χ0) is 17.4. The number of hydrogen-bond acceptors (Lipinski definition) is 4. The Morgan fingerprint density at radius 3 is 2.96 bits per heavy atom. The first kappa shape index (κ1) is 16.3. The van der Waals surface area contributed by atoms with Gasteiger partial charge in [0, 0.05) is 43.2 Å². The molecule has 1 N–H and O–H groups in total. The van der Waals surface area contributed by atoms with Gasteiger partial charge in [0.1, 0.15) is 17.4 Å². The first-order chi connectivity index (χ1) is 12.1. The van der Waals surface area contributed by atoms with Gasteiger partial charge in [0.15, 0.2) is 0 Å². The molecular formula is C19H22FN3O2. The molecule has 2 aromatic rings. The van der Waals surface area contributed by atoms with Crippen LogP contribution in [0, 0.1) is 11.7 Å². The van der Waals surface area contributed by atoms with E-state index in [0.29, 0.717) is 36.7 Å². The molecule has 4 rings (SSSR count). The van der Waals surface area contributed by atoms with Gasteiger partial charge in [-0.3, -0.25) is 9.69 Å². The van der Waals surface area contributed by atoms with Gasteiger partial charge in [-0.05, 0) is 31.2 Å². The molecule has 0 unspecified atom stereocenters. The van der Waals surface area contributed by atoms with Crippen LogP contribution in [-0.4, -0.2) is 28.5 Å². The Balaban J connectivity index is 1.51. The van der Waals surface area contributed by atoms with Crippen molar-refractivity contribution in [2.75, 3.05) is 13.7 Å². The molecule has 0 bridgehead atoms. The number of methoxy groups -OCH3 is 1. The molecule has 0 saturated heterocycles. The van der Waals surface area contributed by atoms with Crippen LogP contribution in [0.25, 0.3) is 0 Å². The molecule has 0 atom stereocenters. The van der Waals surface area contributed by atoms with Gasteiger partial charge in [-0.15, -0.1) is 0 Å². The lowest BCUT2D eigenvalue weighted by Crippen LogP contribution is -2.35. The maximum atomic E-state index is 14.2. The van der Waals surface area contributed by atoms with Crippen LogP contribution in [0.4, 0.5) is 4.39 Å². The molecular weight excluding hydrogens is 321 g/mol. The summed E-state index contributed by atoms with van der Waals surface area (Å²) >= 11 is 0. The highest BCUT2D eigenvalue weighted by atomic mass is 19.1. The zero-order valence-electron chi connectivity index (χ0n) is 14.3. The highest BCUT2D eigenvalue weighted by Gasteiger charge is 2.25. The molecule has 0 radical (unpaired) electrons. The number of ether oxygens (including phenoxy) is 1. The number of aromatic nitrogens is 2. The minimum absolute atomic E-state index is 0.00377. The van der Waals surface area contributed by atoms with Crippen LogP contribution in [-0.2, 0) is 25.9 Å². The molecule has 2 aliphatic rings. The molecule has 6 heteroatoms. The van der Waals surface area contributed by atoms with Crippen LogP contribution in [0.3, 0.4) is 0 Å². The second-order valence-corrected chi connectivity index (χ2v) is 7.00. The summed E-state index contributed by atoms with van der Waals surface area (Å²) in [6.07, 6.45) is 3.96. The lowest BCUT2D eigenvalue weighted by atomic mass is 10.0. The number of benzene rings is 1. The van der Waals surface area contributed by atoms with E-state index in [0.717, 1.165) is 30.0 Å². The Labute approximate surface area is 145 Å². The summed E-state index contributed by atoms with van der Waals surface area (Å²) in [6, 6.07) is 4.93. The van der Waals surface area contributed by atoms with Gasteiger partial charge < -0.3 is 9.72 Å². The molecule has 25 heavy (non-hydrogen) atoms. The van der Waals surface area contributed by atoms with Gasteiger partial charge in [0.05, 0.1) is 12.8 Å². The Morgan fingerprint density at radius 2 is 2.24 bits per heavy atom. The Bertz CT molecular complexity index is 845. The molecule has 5 nitrogen and oxygen atoms in total. The molecule has 1 aromatic heterocycles. The van der Waals surface area contributed by atoms with E-state index >= 15 is 0 Å². The van der Waals surface area contributed by atoms with E-state index in [1.54, 1.807) is 12.1 Å². The number of H-pyrrole nitrogens is 1. The zero-order valence-corrected chi connectivity index (χ0v) is 14.3. The van der Waals surface area contributed by atoms with Gasteiger partial charge >= 0.3 is 0 Å². The number of halogens is 1. The molecule has 1 fully saturated rings. The van der Waals surface area contributed by atoms with Crippen molar-refractivity contribution in [3.63, 3.8) is 0 Å². The second kappa shape index (κ2) is 6.59. The van der Waals surface area contributed by atoms with Crippen LogP contribution in [0.2, 0.25) is 0 Å². The van der Waals surface area contributed by atoms with Gasteiger partial charge in [-0.1, -0.05) is 6.07 Å². The summed E-state index contributed by atoms with van der Waals surface area (Å²) in [7, 11) is 1.53. The number of fused-ring (bicyclic) bond motifs is 1. The van der Waals surface area contributed by atoms with Crippen molar-refractivity contribution >= 4 is 0 Å². The monoisotopic (exact) mass is 343 g/mol. The Kier molecular flexibility index (Phi) is 4.29. The summed E-state index contributed by atoms with van der Waals surface area (Å²) in [6.45, 7) is 1.81. The fourth-order valence-electron chi connectivity index (χ4n) is 3.40. The minimum atomic E-state index is -0.265. The second-order valence-electron chi connectivity index (χ2n) is 7.00. The van der Waals surface area contributed by atoms with Crippen LogP contribution < -0.4 is 10.3 Å². The fraction of sp³-hybridized carbons (Fsp3) is 0.474. The first-order valence-electron chi connectivity index (χ1n) is 8.78. The average molecular weight is 343 g/mol. The van der Waals surface area contributed by atoms with Crippen molar-refractivity contribution in [3.8, 4) is 5.75 Å². The van der Waals surface area contributed by atoms with Crippen LogP contribution in [0.1, 0.15) is 35.5 Å². The summed E-state index contributed by atoms with van der Waals surface area (Å²) in [5, 5.41) is 0. The fourth-order valence-corrected chi connectivity index (χ4v) is 3.40. The normalized spacial score (nSPS) is 17.4. The van der Waals surface area contributed by atoms with E-state index in [4.69, 9.17) is 4.74 Å². The maximum absolute atomic E-state index is 14.2. The van der Waals surface area contributed by atoms with Crippen molar-refractivity contribution in [1.82, 2.24) is 14.9 Å².